The van der Waals surface area contributed by atoms with Crippen LogP contribution in [0.1, 0.15) is 20.3 Å². The summed E-state index contributed by atoms with van der Waals surface area (Å²) in [4.78, 5) is 4.75. The van der Waals surface area contributed by atoms with Crippen molar-refractivity contribution in [1.82, 2.24) is 14.5 Å². The van der Waals surface area contributed by atoms with Crippen molar-refractivity contribution in [2.75, 3.05) is 39.8 Å². The van der Waals surface area contributed by atoms with Crippen molar-refractivity contribution >= 4 is 10.0 Å². The molecule has 1 saturated heterocycles. The van der Waals surface area contributed by atoms with Crippen LogP contribution in [-0.4, -0.2) is 64.0 Å². The van der Waals surface area contributed by atoms with Crippen LogP contribution in [0.3, 0.4) is 0 Å². The second-order valence-electron chi connectivity index (χ2n) is 6.93. The molecular weight excluding hydrogens is 329 g/mol. The molecule has 0 saturated carbocycles. The smallest absolute Gasteiger partial charge is 0.240 e. The minimum Gasteiger partial charge on any atom is -0.304 e. The first-order valence-corrected chi connectivity index (χ1v) is 9.94. The number of nitrogens with zero attached hydrogens (tertiary/aromatic N) is 2. The van der Waals surface area contributed by atoms with Crippen molar-refractivity contribution in [2.45, 2.75) is 31.2 Å². The number of hydrogen-bond acceptors (Lipinski definition) is 4. The molecule has 0 aliphatic carbocycles. The molecule has 1 aromatic rings. The second-order valence-corrected chi connectivity index (χ2v) is 8.70. The van der Waals surface area contributed by atoms with Crippen molar-refractivity contribution in [1.29, 1.82) is 0 Å². The summed E-state index contributed by atoms with van der Waals surface area (Å²) in [6, 6.07) is 5.10. The molecule has 5 nitrogen and oxygen atoms in total. The highest BCUT2D eigenvalue weighted by atomic mass is 32.2. The van der Waals surface area contributed by atoms with E-state index in [9.17, 15) is 12.8 Å². The number of nitrogens with one attached hydrogen (secondary N) is 1. The number of sulfonamides is 1. The van der Waals surface area contributed by atoms with Gasteiger partial charge in [0.1, 0.15) is 5.82 Å². The van der Waals surface area contributed by atoms with Crippen molar-refractivity contribution < 1.29 is 12.8 Å². The summed E-state index contributed by atoms with van der Waals surface area (Å²) < 4.78 is 40.5. The molecule has 1 unspecified atom stereocenters. The Balaban J connectivity index is 2.02. The topological polar surface area (TPSA) is 52.7 Å². The molecule has 2 rings (SSSR count). The van der Waals surface area contributed by atoms with Gasteiger partial charge >= 0.3 is 0 Å². The van der Waals surface area contributed by atoms with Crippen LogP contribution in [-0.2, 0) is 10.0 Å². The number of likely N-dealkylation sites (N-methyl/N-ethyl adjacent to an activating group) is 1. The zero-order valence-electron chi connectivity index (χ0n) is 14.7. The molecule has 1 aliphatic heterocycles. The fourth-order valence-electron chi connectivity index (χ4n) is 3.00. The predicted molar refractivity (Wildman–Crippen MR) is 93.9 cm³/mol. The lowest BCUT2D eigenvalue weighted by atomic mass is 10.0. The number of halogens is 1. The molecule has 1 atom stereocenters. The van der Waals surface area contributed by atoms with Crippen LogP contribution in [0.4, 0.5) is 4.39 Å². The Kier molecular flexibility index (Phi) is 6.74. The van der Waals surface area contributed by atoms with Crippen molar-refractivity contribution in [3.8, 4) is 0 Å². The first-order valence-electron chi connectivity index (χ1n) is 8.46. The molecule has 136 valence electrons. The highest BCUT2D eigenvalue weighted by Gasteiger charge is 2.25. The van der Waals surface area contributed by atoms with Crippen LogP contribution >= 0.6 is 0 Å². The van der Waals surface area contributed by atoms with Gasteiger partial charge in [0.15, 0.2) is 0 Å². The van der Waals surface area contributed by atoms with E-state index in [0.29, 0.717) is 12.5 Å². The maximum atomic E-state index is 13.0. The standard InChI is InChI=1S/C17H28FN3O2S/c1-14(2)12-16(21-10-8-20(3)9-11-21)13-19-24(22,23)17-6-4-15(18)5-7-17/h4-7,14,16,19H,8-13H2,1-3H3. The van der Waals surface area contributed by atoms with E-state index < -0.39 is 15.8 Å². The Morgan fingerprint density at radius 3 is 2.25 bits per heavy atom. The zero-order chi connectivity index (χ0) is 17.7. The molecular formula is C17H28FN3O2S. The number of benzene rings is 1. The maximum absolute atomic E-state index is 13.0. The molecule has 1 aromatic carbocycles. The molecule has 0 bridgehead atoms. The molecule has 24 heavy (non-hydrogen) atoms. The van der Waals surface area contributed by atoms with E-state index >= 15 is 0 Å². The Bertz CT molecular complexity index is 611. The van der Waals surface area contributed by atoms with Crippen LogP contribution < -0.4 is 4.72 Å². The van der Waals surface area contributed by atoms with Crippen LogP contribution in [0.25, 0.3) is 0 Å². The highest BCUT2D eigenvalue weighted by Crippen LogP contribution is 2.15. The molecule has 0 amide bonds. The second kappa shape index (κ2) is 8.38. The lowest BCUT2D eigenvalue weighted by Crippen LogP contribution is -2.52. The van der Waals surface area contributed by atoms with E-state index in [4.69, 9.17) is 0 Å². The van der Waals surface area contributed by atoms with E-state index in [0.717, 1.165) is 32.6 Å². The molecule has 1 fully saturated rings. The summed E-state index contributed by atoms with van der Waals surface area (Å²) in [5.74, 6) is 0.0500. The fourth-order valence-corrected chi connectivity index (χ4v) is 4.07. The summed E-state index contributed by atoms with van der Waals surface area (Å²) in [5.41, 5.74) is 0. The van der Waals surface area contributed by atoms with Crippen molar-refractivity contribution in [3.63, 3.8) is 0 Å². The van der Waals surface area contributed by atoms with Crippen LogP contribution in [0.15, 0.2) is 29.2 Å². The molecule has 7 heteroatoms. The molecule has 1 heterocycles. The molecule has 1 N–H and O–H groups in total. The van der Waals surface area contributed by atoms with Gasteiger partial charge in [-0.2, -0.15) is 0 Å². The normalized spacial score (nSPS) is 18.9. The zero-order valence-corrected chi connectivity index (χ0v) is 15.5. The van der Waals surface area contributed by atoms with E-state index in [1.54, 1.807) is 0 Å². The van der Waals surface area contributed by atoms with Crippen LogP contribution in [0.5, 0.6) is 0 Å². The van der Waals surface area contributed by atoms with Gasteiger partial charge in [-0.15, -0.1) is 0 Å². The minimum atomic E-state index is -3.61. The van der Waals surface area contributed by atoms with Crippen molar-refractivity contribution in [2.24, 2.45) is 5.92 Å². The SMILES string of the molecule is CC(C)CC(CNS(=O)(=O)c1ccc(F)cc1)N1CCN(C)CC1. The lowest BCUT2D eigenvalue weighted by Gasteiger charge is -2.38. The number of rotatable bonds is 7. The largest absolute Gasteiger partial charge is 0.304 e. The van der Waals surface area contributed by atoms with Gasteiger partial charge < -0.3 is 4.90 Å². The van der Waals surface area contributed by atoms with E-state index in [1.807, 2.05) is 0 Å². The van der Waals surface area contributed by atoms with Gasteiger partial charge in [-0.3, -0.25) is 4.90 Å². The summed E-state index contributed by atoms with van der Waals surface area (Å²) in [5, 5.41) is 0. The molecule has 0 radical (unpaired) electrons. The first-order chi connectivity index (χ1) is 11.3. The van der Waals surface area contributed by atoms with Gasteiger partial charge in [0.05, 0.1) is 4.90 Å². The highest BCUT2D eigenvalue weighted by molar-refractivity contribution is 7.89. The fraction of sp³-hybridized carbons (Fsp3) is 0.647. The third kappa shape index (κ3) is 5.51. The third-order valence-electron chi connectivity index (χ3n) is 4.43. The molecule has 0 spiro atoms. The number of hydrogen-bond donors (Lipinski definition) is 1. The van der Waals surface area contributed by atoms with Gasteiger partial charge in [0.25, 0.3) is 0 Å². The van der Waals surface area contributed by atoms with Crippen LogP contribution in [0.2, 0.25) is 0 Å². The summed E-state index contributed by atoms with van der Waals surface area (Å²) in [6.07, 6.45) is 0.940. The van der Waals surface area contributed by atoms with E-state index in [1.165, 1.54) is 24.3 Å². The summed E-state index contributed by atoms with van der Waals surface area (Å²) in [7, 11) is -1.51. The molecule has 1 aliphatic rings. The Hall–Kier alpha value is -1.02. The first kappa shape index (κ1) is 19.3. The minimum absolute atomic E-state index is 0.102. The Morgan fingerprint density at radius 2 is 1.71 bits per heavy atom. The summed E-state index contributed by atoms with van der Waals surface area (Å²) >= 11 is 0. The quantitative estimate of drug-likeness (QED) is 0.808. The lowest BCUT2D eigenvalue weighted by molar-refractivity contribution is 0.102. The van der Waals surface area contributed by atoms with Crippen LogP contribution in [0, 0.1) is 11.7 Å². The molecule has 0 aromatic heterocycles. The van der Waals surface area contributed by atoms with Gasteiger partial charge in [0.2, 0.25) is 10.0 Å². The average Bonchev–Trinajstić information content (AvgIpc) is 2.52. The van der Waals surface area contributed by atoms with Crippen molar-refractivity contribution in [3.05, 3.63) is 30.1 Å². The monoisotopic (exact) mass is 357 g/mol. The predicted octanol–water partition coefficient (Wildman–Crippen LogP) is 1.77. The average molecular weight is 357 g/mol. The third-order valence-corrected chi connectivity index (χ3v) is 5.87. The van der Waals surface area contributed by atoms with Gasteiger partial charge in [-0.1, -0.05) is 13.8 Å². The number of piperazine rings is 1. The van der Waals surface area contributed by atoms with Gasteiger partial charge in [-0.25, -0.2) is 17.5 Å². The Morgan fingerprint density at radius 1 is 1.12 bits per heavy atom. The van der Waals surface area contributed by atoms with Gasteiger partial charge in [-0.05, 0) is 43.7 Å². The Labute approximate surface area is 144 Å². The summed E-state index contributed by atoms with van der Waals surface area (Å²) in [6.45, 7) is 8.58. The van der Waals surface area contributed by atoms with Gasteiger partial charge in [0, 0.05) is 38.8 Å². The van der Waals surface area contributed by atoms with E-state index in [-0.39, 0.29) is 10.9 Å². The van der Waals surface area contributed by atoms with E-state index in [2.05, 4.69) is 35.4 Å². The maximum Gasteiger partial charge on any atom is 0.240 e.